The zero-order chi connectivity index (χ0) is 20.8. The minimum Gasteiger partial charge on any atom is -0.496 e. The van der Waals surface area contributed by atoms with Crippen molar-refractivity contribution in [2.75, 3.05) is 46.9 Å². The Kier molecular flexibility index (Phi) is 7.29. The Morgan fingerprint density at radius 2 is 1.83 bits per heavy atom. The minimum absolute atomic E-state index is 0.109. The standard InChI is InChI=1S/C24H33N3O2/c1-19-8-7-9-21(16-19)17-26-12-14-27(15-13-26)24(28)18-25(3)20(2)22-10-5-6-11-23(22)29-4/h5-11,16,20H,12-15,17-18H2,1-4H3. The van der Waals surface area contributed by atoms with Gasteiger partial charge >= 0.3 is 0 Å². The lowest BCUT2D eigenvalue weighted by atomic mass is 10.1. The summed E-state index contributed by atoms with van der Waals surface area (Å²) in [5, 5.41) is 0. The highest BCUT2D eigenvalue weighted by Crippen LogP contribution is 2.28. The zero-order valence-electron chi connectivity index (χ0n) is 18.1. The van der Waals surface area contributed by atoms with E-state index in [-0.39, 0.29) is 11.9 Å². The van der Waals surface area contributed by atoms with Crippen molar-refractivity contribution in [1.29, 1.82) is 0 Å². The lowest BCUT2D eigenvalue weighted by molar-refractivity contribution is -0.134. The summed E-state index contributed by atoms with van der Waals surface area (Å²) >= 11 is 0. The fourth-order valence-corrected chi connectivity index (χ4v) is 3.92. The highest BCUT2D eigenvalue weighted by molar-refractivity contribution is 5.78. The third-order valence-corrected chi connectivity index (χ3v) is 5.85. The third kappa shape index (κ3) is 5.58. The molecular formula is C24H33N3O2. The molecule has 1 fully saturated rings. The lowest BCUT2D eigenvalue weighted by Gasteiger charge is -2.36. The molecule has 5 nitrogen and oxygen atoms in total. The molecule has 1 amide bonds. The molecule has 156 valence electrons. The minimum atomic E-state index is 0.109. The van der Waals surface area contributed by atoms with E-state index in [0.717, 1.165) is 44.0 Å². The van der Waals surface area contributed by atoms with Crippen LogP contribution in [0.15, 0.2) is 48.5 Å². The Hall–Kier alpha value is -2.37. The largest absolute Gasteiger partial charge is 0.496 e. The average molecular weight is 396 g/mol. The first kappa shape index (κ1) is 21.3. The summed E-state index contributed by atoms with van der Waals surface area (Å²) in [6.45, 7) is 9.04. The predicted octanol–water partition coefficient (Wildman–Crippen LogP) is 3.34. The maximum atomic E-state index is 12.8. The van der Waals surface area contributed by atoms with Gasteiger partial charge in [0.2, 0.25) is 5.91 Å². The number of carbonyl (C=O) groups excluding carboxylic acids is 1. The van der Waals surface area contributed by atoms with Gasteiger partial charge in [0.15, 0.2) is 0 Å². The first-order valence-corrected chi connectivity index (χ1v) is 10.4. The van der Waals surface area contributed by atoms with Gasteiger partial charge in [-0.1, -0.05) is 48.0 Å². The van der Waals surface area contributed by atoms with Crippen molar-refractivity contribution in [3.05, 3.63) is 65.2 Å². The van der Waals surface area contributed by atoms with Crippen LogP contribution in [0.1, 0.15) is 29.7 Å². The van der Waals surface area contributed by atoms with Gasteiger partial charge in [-0.15, -0.1) is 0 Å². The van der Waals surface area contributed by atoms with Crippen molar-refractivity contribution >= 4 is 5.91 Å². The van der Waals surface area contributed by atoms with E-state index in [1.165, 1.54) is 11.1 Å². The second kappa shape index (κ2) is 9.90. The van der Waals surface area contributed by atoms with E-state index in [1.807, 2.05) is 30.1 Å². The summed E-state index contributed by atoms with van der Waals surface area (Å²) in [7, 11) is 3.69. The van der Waals surface area contributed by atoms with Gasteiger partial charge in [0.1, 0.15) is 5.75 Å². The molecule has 1 aliphatic heterocycles. The van der Waals surface area contributed by atoms with Crippen LogP contribution >= 0.6 is 0 Å². The maximum absolute atomic E-state index is 12.8. The van der Waals surface area contributed by atoms with Crippen molar-refractivity contribution in [2.45, 2.75) is 26.4 Å². The van der Waals surface area contributed by atoms with E-state index < -0.39 is 0 Å². The van der Waals surface area contributed by atoms with Crippen LogP contribution in [0.2, 0.25) is 0 Å². The maximum Gasteiger partial charge on any atom is 0.236 e. The Bertz CT molecular complexity index is 815. The number of aryl methyl sites for hydroxylation is 1. The number of rotatable bonds is 7. The number of ether oxygens (including phenoxy) is 1. The first-order chi connectivity index (χ1) is 14.0. The summed E-state index contributed by atoms with van der Waals surface area (Å²) in [5.41, 5.74) is 3.74. The monoisotopic (exact) mass is 395 g/mol. The van der Waals surface area contributed by atoms with E-state index in [9.17, 15) is 4.79 Å². The molecule has 1 atom stereocenters. The SMILES string of the molecule is COc1ccccc1C(C)N(C)CC(=O)N1CCN(Cc2cccc(C)c2)CC1. The summed E-state index contributed by atoms with van der Waals surface area (Å²) in [4.78, 5) is 19.4. The number of carbonyl (C=O) groups is 1. The molecule has 0 aliphatic carbocycles. The fraction of sp³-hybridized carbons (Fsp3) is 0.458. The van der Waals surface area contributed by atoms with Crippen molar-refractivity contribution in [3.63, 3.8) is 0 Å². The molecule has 1 saturated heterocycles. The number of piperazine rings is 1. The van der Waals surface area contributed by atoms with Gasteiger partial charge in [0.05, 0.1) is 13.7 Å². The number of hydrogen-bond acceptors (Lipinski definition) is 4. The Morgan fingerprint density at radius 3 is 2.52 bits per heavy atom. The molecule has 3 rings (SSSR count). The number of nitrogens with zero attached hydrogens (tertiary/aromatic N) is 3. The van der Waals surface area contributed by atoms with Gasteiger partial charge in [-0.25, -0.2) is 0 Å². The van der Waals surface area contributed by atoms with Crippen LogP contribution in [-0.2, 0) is 11.3 Å². The molecule has 2 aromatic rings. The second-order valence-electron chi connectivity index (χ2n) is 7.98. The topological polar surface area (TPSA) is 36.0 Å². The van der Waals surface area contributed by atoms with Crippen LogP contribution in [0.5, 0.6) is 5.75 Å². The van der Waals surface area contributed by atoms with Crippen LogP contribution < -0.4 is 4.74 Å². The van der Waals surface area contributed by atoms with Gasteiger partial charge in [-0.05, 0) is 32.5 Å². The normalized spacial score (nSPS) is 16.1. The molecule has 0 radical (unpaired) electrons. The van der Waals surface area contributed by atoms with Crippen molar-refractivity contribution < 1.29 is 9.53 Å². The third-order valence-electron chi connectivity index (χ3n) is 5.85. The van der Waals surface area contributed by atoms with E-state index in [1.54, 1.807) is 7.11 Å². The van der Waals surface area contributed by atoms with Crippen LogP contribution in [0.3, 0.4) is 0 Å². The molecule has 2 aromatic carbocycles. The average Bonchev–Trinajstić information content (AvgIpc) is 2.73. The lowest BCUT2D eigenvalue weighted by Crippen LogP contribution is -2.50. The molecular weight excluding hydrogens is 362 g/mol. The Balaban J connectivity index is 1.50. The summed E-state index contributed by atoms with van der Waals surface area (Å²) in [6, 6.07) is 16.8. The summed E-state index contributed by atoms with van der Waals surface area (Å²) in [5.74, 6) is 1.06. The molecule has 1 aliphatic rings. The zero-order valence-corrected chi connectivity index (χ0v) is 18.1. The van der Waals surface area contributed by atoms with Crippen molar-refractivity contribution in [2.24, 2.45) is 0 Å². The number of amides is 1. The Morgan fingerprint density at radius 1 is 1.10 bits per heavy atom. The predicted molar refractivity (Wildman–Crippen MR) is 117 cm³/mol. The van der Waals surface area contributed by atoms with Crippen molar-refractivity contribution in [3.8, 4) is 5.75 Å². The van der Waals surface area contributed by atoms with E-state index in [0.29, 0.717) is 6.54 Å². The molecule has 0 spiro atoms. The Labute approximate surface area is 174 Å². The van der Waals surface area contributed by atoms with Crippen LogP contribution in [0.25, 0.3) is 0 Å². The van der Waals surface area contributed by atoms with Crippen LogP contribution in [0.4, 0.5) is 0 Å². The van der Waals surface area contributed by atoms with E-state index >= 15 is 0 Å². The molecule has 0 saturated carbocycles. The number of likely N-dealkylation sites (N-methyl/N-ethyl adjacent to an activating group) is 1. The highest BCUT2D eigenvalue weighted by atomic mass is 16.5. The molecule has 0 aromatic heterocycles. The van der Waals surface area contributed by atoms with Crippen LogP contribution in [0, 0.1) is 6.92 Å². The van der Waals surface area contributed by atoms with E-state index in [2.05, 4.69) is 54.0 Å². The van der Waals surface area contributed by atoms with Gasteiger partial charge in [-0.2, -0.15) is 0 Å². The first-order valence-electron chi connectivity index (χ1n) is 10.4. The van der Waals surface area contributed by atoms with Gasteiger partial charge in [0, 0.05) is 44.3 Å². The van der Waals surface area contributed by atoms with Gasteiger partial charge in [-0.3, -0.25) is 14.6 Å². The number of benzene rings is 2. The van der Waals surface area contributed by atoms with Gasteiger partial charge in [0.25, 0.3) is 0 Å². The smallest absolute Gasteiger partial charge is 0.236 e. The molecule has 29 heavy (non-hydrogen) atoms. The molecule has 1 unspecified atom stereocenters. The number of hydrogen-bond donors (Lipinski definition) is 0. The second-order valence-corrected chi connectivity index (χ2v) is 7.98. The fourth-order valence-electron chi connectivity index (χ4n) is 3.92. The molecule has 0 bridgehead atoms. The molecule has 1 heterocycles. The van der Waals surface area contributed by atoms with Crippen LogP contribution in [-0.4, -0.2) is 67.5 Å². The molecule has 0 N–H and O–H groups in total. The summed E-state index contributed by atoms with van der Waals surface area (Å²) in [6.07, 6.45) is 0. The quantitative estimate of drug-likeness (QED) is 0.720. The highest BCUT2D eigenvalue weighted by Gasteiger charge is 2.24. The van der Waals surface area contributed by atoms with Gasteiger partial charge < -0.3 is 9.64 Å². The number of methoxy groups -OCH3 is 1. The number of para-hydroxylation sites is 1. The van der Waals surface area contributed by atoms with Crippen molar-refractivity contribution in [1.82, 2.24) is 14.7 Å². The molecule has 5 heteroatoms. The van der Waals surface area contributed by atoms with E-state index in [4.69, 9.17) is 4.74 Å². The summed E-state index contributed by atoms with van der Waals surface area (Å²) < 4.78 is 5.48.